The maximum Gasteiger partial charge on any atom is 0.257 e. The molecule has 0 saturated heterocycles. The molecule has 0 saturated carbocycles. The topological polar surface area (TPSA) is 67.4 Å². The van der Waals surface area contributed by atoms with Gasteiger partial charge in [-0.25, -0.2) is 0 Å². The van der Waals surface area contributed by atoms with Gasteiger partial charge in [-0.15, -0.1) is 0 Å². The summed E-state index contributed by atoms with van der Waals surface area (Å²) in [7, 11) is 1.54. The Labute approximate surface area is 168 Å². The lowest BCUT2D eigenvalue weighted by atomic mass is 10.1. The lowest BCUT2D eigenvalue weighted by Crippen LogP contribution is -2.19. The number of rotatable bonds is 6. The zero-order valence-electron chi connectivity index (χ0n) is 15.2. The SMILES string of the molecule is COc1ccccc1NC(=O)c1ccccc1NC(=O)Cc1ccc(Cl)cc1. The highest BCUT2D eigenvalue weighted by molar-refractivity contribution is 6.30. The number of anilines is 2. The highest BCUT2D eigenvalue weighted by Crippen LogP contribution is 2.25. The van der Waals surface area contributed by atoms with Gasteiger partial charge in [-0.3, -0.25) is 9.59 Å². The summed E-state index contributed by atoms with van der Waals surface area (Å²) >= 11 is 5.87. The quantitative estimate of drug-likeness (QED) is 0.632. The standard InChI is InChI=1S/C22H19ClN2O3/c1-28-20-9-5-4-8-19(20)25-22(27)17-6-2-3-7-18(17)24-21(26)14-15-10-12-16(23)13-11-15/h2-13H,14H2,1H3,(H,24,26)(H,25,27). The van der Waals surface area contributed by atoms with Crippen LogP contribution in [0.2, 0.25) is 5.02 Å². The summed E-state index contributed by atoms with van der Waals surface area (Å²) < 4.78 is 5.26. The first-order valence-electron chi connectivity index (χ1n) is 8.64. The molecule has 2 amide bonds. The predicted molar refractivity (Wildman–Crippen MR) is 111 cm³/mol. The first kappa shape index (κ1) is 19.5. The Kier molecular flexibility index (Phi) is 6.29. The molecule has 0 aliphatic rings. The van der Waals surface area contributed by atoms with Crippen LogP contribution in [0, 0.1) is 0 Å². The molecule has 0 aromatic heterocycles. The number of halogens is 1. The second kappa shape index (κ2) is 9.06. The number of nitrogens with one attached hydrogen (secondary N) is 2. The minimum Gasteiger partial charge on any atom is -0.495 e. The first-order valence-corrected chi connectivity index (χ1v) is 9.02. The molecule has 0 spiro atoms. The fourth-order valence-corrected chi connectivity index (χ4v) is 2.84. The number of ether oxygens (including phenoxy) is 1. The number of amides is 2. The molecule has 0 heterocycles. The zero-order chi connectivity index (χ0) is 19.9. The highest BCUT2D eigenvalue weighted by atomic mass is 35.5. The van der Waals surface area contributed by atoms with Gasteiger partial charge in [0.05, 0.1) is 30.5 Å². The lowest BCUT2D eigenvalue weighted by Gasteiger charge is -2.13. The third-order valence-corrected chi connectivity index (χ3v) is 4.33. The van der Waals surface area contributed by atoms with Crippen molar-refractivity contribution < 1.29 is 14.3 Å². The van der Waals surface area contributed by atoms with Crippen molar-refractivity contribution in [2.75, 3.05) is 17.7 Å². The van der Waals surface area contributed by atoms with Crippen LogP contribution in [0.15, 0.2) is 72.8 Å². The molecule has 2 N–H and O–H groups in total. The molecule has 0 aliphatic heterocycles. The molecule has 3 aromatic rings. The monoisotopic (exact) mass is 394 g/mol. The normalized spacial score (nSPS) is 10.2. The van der Waals surface area contributed by atoms with Gasteiger partial charge in [-0.05, 0) is 42.0 Å². The van der Waals surface area contributed by atoms with E-state index in [0.29, 0.717) is 27.7 Å². The van der Waals surface area contributed by atoms with E-state index in [1.807, 2.05) is 6.07 Å². The summed E-state index contributed by atoms with van der Waals surface area (Å²) in [4.78, 5) is 25.2. The molecule has 3 aromatic carbocycles. The Hall–Kier alpha value is -3.31. The van der Waals surface area contributed by atoms with E-state index in [9.17, 15) is 9.59 Å². The van der Waals surface area contributed by atoms with Crippen molar-refractivity contribution in [1.82, 2.24) is 0 Å². The average molecular weight is 395 g/mol. The van der Waals surface area contributed by atoms with Crippen LogP contribution in [0.3, 0.4) is 0 Å². The maximum absolute atomic E-state index is 12.7. The second-order valence-corrected chi connectivity index (χ2v) is 6.49. The number of hydrogen-bond acceptors (Lipinski definition) is 3. The molecular formula is C22H19ClN2O3. The Morgan fingerprint density at radius 1 is 0.857 bits per heavy atom. The number of carbonyl (C=O) groups is 2. The maximum atomic E-state index is 12.7. The summed E-state index contributed by atoms with van der Waals surface area (Å²) in [6, 6.07) is 21.0. The van der Waals surface area contributed by atoms with E-state index in [4.69, 9.17) is 16.3 Å². The van der Waals surface area contributed by atoms with Crippen molar-refractivity contribution in [1.29, 1.82) is 0 Å². The molecule has 0 unspecified atom stereocenters. The number of hydrogen-bond donors (Lipinski definition) is 2. The van der Waals surface area contributed by atoms with Gasteiger partial charge in [0.1, 0.15) is 5.75 Å². The molecule has 3 rings (SSSR count). The van der Waals surface area contributed by atoms with Gasteiger partial charge in [0.15, 0.2) is 0 Å². The molecule has 142 valence electrons. The van der Waals surface area contributed by atoms with Gasteiger partial charge in [0, 0.05) is 5.02 Å². The van der Waals surface area contributed by atoms with E-state index in [-0.39, 0.29) is 18.2 Å². The van der Waals surface area contributed by atoms with E-state index in [2.05, 4.69) is 10.6 Å². The van der Waals surface area contributed by atoms with E-state index in [1.165, 1.54) is 7.11 Å². The summed E-state index contributed by atoms with van der Waals surface area (Å²) in [5.74, 6) is -0.00754. The molecule has 0 fully saturated rings. The van der Waals surface area contributed by atoms with Crippen LogP contribution >= 0.6 is 11.6 Å². The van der Waals surface area contributed by atoms with Gasteiger partial charge in [-0.2, -0.15) is 0 Å². The van der Waals surface area contributed by atoms with Crippen LogP contribution in [0.25, 0.3) is 0 Å². The van der Waals surface area contributed by atoms with Crippen molar-refractivity contribution in [3.63, 3.8) is 0 Å². The fourth-order valence-electron chi connectivity index (χ4n) is 2.71. The fraction of sp³-hybridized carbons (Fsp3) is 0.0909. The molecule has 28 heavy (non-hydrogen) atoms. The van der Waals surface area contributed by atoms with E-state index < -0.39 is 0 Å². The van der Waals surface area contributed by atoms with Crippen molar-refractivity contribution in [2.45, 2.75) is 6.42 Å². The summed E-state index contributed by atoms with van der Waals surface area (Å²) in [6.07, 6.45) is 0.180. The van der Waals surface area contributed by atoms with Crippen LogP contribution in [-0.4, -0.2) is 18.9 Å². The van der Waals surface area contributed by atoms with Crippen LogP contribution in [-0.2, 0) is 11.2 Å². The van der Waals surface area contributed by atoms with Crippen LogP contribution in [0.4, 0.5) is 11.4 Å². The van der Waals surface area contributed by atoms with E-state index >= 15 is 0 Å². The van der Waals surface area contributed by atoms with Crippen LogP contribution < -0.4 is 15.4 Å². The van der Waals surface area contributed by atoms with Crippen LogP contribution in [0.1, 0.15) is 15.9 Å². The van der Waals surface area contributed by atoms with Crippen molar-refractivity contribution in [3.8, 4) is 5.75 Å². The predicted octanol–water partition coefficient (Wildman–Crippen LogP) is 4.78. The largest absolute Gasteiger partial charge is 0.495 e. The molecule has 0 aliphatic carbocycles. The van der Waals surface area contributed by atoms with Crippen LogP contribution in [0.5, 0.6) is 5.75 Å². The third kappa shape index (κ3) is 4.90. The highest BCUT2D eigenvalue weighted by Gasteiger charge is 2.15. The average Bonchev–Trinajstić information content (AvgIpc) is 2.70. The molecule has 6 heteroatoms. The van der Waals surface area contributed by atoms with Gasteiger partial charge < -0.3 is 15.4 Å². The summed E-state index contributed by atoms with van der Waals surface area (Å²) in [5, 5.41) is 6.24. The van der Waals surface area contributed by atoms with Crippen molar-refractivity contribution in [2.24, 2.45) is 0 Å². The Balaban J connectivity index is 1.74. The number of benzene rings is 3. The first-order chi connectivity index (χ1) is 13.6. The third-order valence-electron chi connectivity index (χ3n) is 4.08. The summed E-state index contributed by atoms with van der Waals surface area (Å²) in [5.41, 5.74) is 2.18. The zero-order valence-corrected chi connectivity index (χ0v) is 16.0. The molecule has 5 nitrogen and oxygen atoms in total. The lowest BCUT2D eigenvalue weighted by molar-refractivity contribution is -0.115. The molecule has 0 atom stereocenters. The smallest absolute Gasteiger partial charge is 0.257 e. The van der Waals surface area contributed by atoms with Gasteiger partial charge in [0.25, 0.3) is 5.91 Å². The Bertz CT molecular complexity index is 987. The molecule has 0 radical (unpaired) electrons. The summed E-state index contributed by atoms with van der Waals surface area (Å²) in [6.45, 7) is 0. The van der Waals surface area contributed by atoms with Gasteiger partial charge in [0.2, 0.25) is 5.91 Å². The molecular weight excluding hydrogens is 376 g/mol. The minimum absolute atomic E-state index is 0.180. The van der Waals surface area contributed by atoms with Gasteiger partial charge >= 0.3 is 0 Å². The minimum atomic E-state index is -0.341. The Morgan fingerprint density at radius 3 is 2.21 bits per heavy atom. The van der Waals surface area contributed by atoms with Crippen molar-refractivity contribution in [3.05, 3.63) is 88.9 Å². The van der Waals surface area contributed by atoms with Crippen molar-refractivity contribution >= 4 is 34.8 Å². The number of carbonyl (C=O) groups excluding carboxylic acids is 2. The van der Waals surface area contributed by atoms with E-state index in [1.54, 1.807) is 66.7 Å². The van der Waals surface area contributed by atoms with Gasteiger partial charge in [-0.1, -0.05) is 48.0 Å². The second-order valence-electron chi connectivity index (χ2n) is 6.05. The number of methoxy groups -OCH3 is 1. The van der Waals surface area contributed by atoms with E-state index in [0.717, 1.165) is 5.56 Å². The Morgan fingerprint density at radius 2 is 1.50 bits per heavy atom. The number of para-hydroxylation sites is 3. The molecule has 0 bridgehead atoms.